The van der Waals surface area contributed by atoms with Crippen LogP contribution in [-0.2, 0) is 28.2 Å². The standard InChI is InChI=1S/C56H40N12O4.Ge.4HI.2H2O/c1-65-21-5-9-37(29-65)69-33-13-17-41-45(25-33)53-58-49(41)57-50-42-18-14-35(71-39-11-7-23-67(3)31-39)27-47(42)55(59-50)64-56-48-28-36(72-40-12-8-24-68(4)32-40)16-20-44(48)52(63-56)62-54-46-26-34(15-19-43(46)51(60-53)61-54)70-38-10-6-22-66(2)30-38;;;;;;;/h5-32H,1-4H3;;4*1H;2*1H2/q+2;+4;;;;;;/p-6. The number of hydrogen-bond donors (Lipinski definition) is 0. The van der Waals surface area contributed by atoms with E-state index in [0.717, 1.165) is 21.9 Å². The number of aryl methyl sites for hydroxylation is 4. The molecule has 18 nitrogen and oxygen atoms in total. The van der Waals surface area contributed by atoms with Gasteiger partial charge in [0.05, 0.1) is 23.3 Å². The van der Waals surface area contributed by atoms with Crippen molar-refractivity contribution in [3.8, 4) is 91.5 Å². The average molecular weight is 1560 g/mol. The van der Waals surface area contributed by atoms with E-state index in [1.165, 1.54) is 0 Å². The molecule has 0 radical (unpaired) electrons. The minimum absolute atomic E-state index is 0. The fourth-order valence-electron chi connectivity index (χ4n) is 8.86. The van der Waals surface area contributed by atoms with Crippen molar-refractivity contribution in [3.63, 3.8) is 0 Å². The summed E-state index contributed by atoms with van der Waals surface area (Å²) in [6, 6.07) is 38.4. The number of pyridine rings is 4. The Morgan fingerprint density at radius 2 is 0.595 bits per heavy atom. The zero-order valence-corrected chi connectivity index (χ0v) is 52.8. The van der Waals surface area contributed by atoms with E-state index in [1.807, 2.05) is 217 Å². The molecule has 0 unspecified atom stereocenters. The van der Waals surface area contributed by atoms with Crippen molar-refractivity contribution in [1.29, 1.82) is 0 Å². The number of ether oxygens (including phenoxy) is 4. The van der Waals surface area contributed by atoms with Gasteiger partial charge in [-0.2, -0.15) is 0 Å². The van der Waals surface area contributed by atoms with Gasteiger partial charge in [0.25, 0.3) is 0 Å². The summed E-state index contributed by atoms with van der Waals surface area (Å²) in [7, 11) is 7.78. The average Bonchev–Trinajstić information content (AvgIpc) is 4.09. The summed E-state index contributed by atoms with van der Waals surface area (Å²) in [6.07, 6.45) is 15.4. The van der Waals surface area contributed by atoms with Crippen LogP contribution in [-0.4, -0.2) is 58.5 Å². The van der Waals surface area contributed by atoms with Gasteiger partial charge in [0.15, 0.2) is 47.8 Å². The van der Waals surface area contributed by atoms with Crippen molar-refractivity contribution >= 4 is 61.7 Å². The van der Waals surface area contributed by atoms with Crippen LogP contribution in [0.15, 0.2) is 171 Å². The summed E-state index contributed by atoms with van der Waals surface area (Å²) in [5.74, 6) is 6.57. The number of benzene rings is 4. The second-order valence-electron chi connectivity index (χ2n) is 17.5. The molecule has 0 saturated carbocycles. The first-order chi connectivity index (χ1) is 35.2. The minimum atomic E-state index is 0. The smallest absolute Gasteiger partial charge is 1.00 e. The normalized spacial score (nSPS) is 10.6. The molecule has 13 rings (SSSR count). The van der Waals surface area contributed by atoms with Crippen LogP contribution in [0.5, 0.6) is 46.0 Å². The van der Waals surface area contributed by atoms with Gasteiger partial charge in [-0.3, -0.25) is 0 Å². The molecule has 394 valence electrons. The molecule has 2 N–H and O–H groups in total. The second kappa shape index (κ2) is 25.7. The first-order valence-corrected chi connectivity index (χ1v) is 23.0. The maximum absolute atomic E-state index is 6.40. The monoisotopic (exact) mass is 1560 g/mol. The molecular formula is C56H42GeI4N12O6. The van der Waals surface area contributed by atoms with Gasteiger partial charge in [0, 0.05) is 69.1 Å². The zero-order valence-electron chi connectivity index (χ0n) is 42.1. The molecule has 8 bridgehead atoms. The van der Waals surface area contributed by atoms with Gasteiger partial charge in [-0.1, -0.05) is 0 Å². The van der Waals surface area contributed by atoms with Crippen molar-refractivity contribution in [2.24, 2.45) is 28.2 Å². The molecule has 0 aliphatic carbocycles. The molecule has 0 saturated heterocycles. The maximum atomic E-state index is 6.40. The van der Waals surface area contributed by atoms with E-state index in [2.05, 4.69) is 0 Å². The number of nitrogens with zero attached hydrogens (tertiary/aromatic N) is 12. The van der Waals surface area contributed by atoms with Crippen LogP contribution in [0, 0.1) is 0 Å². The van der Waals surface area contributed by atoms with Crippen LogP contribution in [0.25, 0.3) is 89.7 Å². The van der Waals surface area contributed by atoms with Gasteiger partial charge in [-0.15, -0.1) is 0 Å². The predicted molar refractivity (Wildman–Crippen MR) is 274 cm³/mol. The Morgan fingerprint density at radius 3 is 0.911 bits per heavy atom. The van der Waals surface area contributed by atoms with Gasteiger partial charge >= 0.3 is 17.6 Å². The van der Waals surface area contributed by atoms with Crippen molar-refractivity contribution < 1.29 is 144 Å². The Morgan fingerprint density at radius 1 is 0.316 bits per heavy atom. The summed E-state index contributed by atoms with van der Waals surface area (Å²) < 4.78 is 33.3. The van der Waals surface area contributed by atoms with E-state index in [0.29, 0.717) is 114 Å². The van der Waals surface area contributed by atoms with Gasteiger partial charge in [0.2, 0.25) is 24.8 Å². The number of aromatic nitrogens is 12. The molecule has 2 aliphatic heterocycles. The molecule has 0 atom stereocenters. The molecular weight excluding hydrogens is 1520 g/mol. The molecule has 4 aromatic carbocycles. The van der Waals surface area contributed by atoms with Gasteiger partial charge in [-0.25, -0.2) is 28.2 Å². The fraction of sp³-hybridized carbons (Fsp3) is 0.0714. The molecule has 0 fully saturated rings. The first-order valence-electron chi connectivity index (χ1n) is 23.0. The Bertz CT molecular complexity index is 4250. The Kier molecular flexibility index (Phi) is 20.0. The largest absolute Gasteiger partial charge is 4.00 e. The summed E-state index contributed by atoms with van der Waals surface area (Å²) in [5.41, 5.74) is 4.38. The third-order valence-corrected chi connectivity index (χ3v) is 12.2. The number of halogens is 4. The number of fused-ring (bicyclic) bond motifs is 20. The van der Waals surface area contributed by atoms with Crippen molar-refractivity contribution in [1.82, 2.24) is 39.9 Å². The van der Waals surface area contributed by atoms with E-state index in [4.69, 9.17) is 58.8 Å². The summed E-state index contributed by atoms with van der Waals surface area (Å²) in [5, 5.41) is 2.84. The Balaban J connectivity index is 0.00000144. The van der Waals surface area contributed by atoms with Crippen LogP contribution >= 0.6 is 0 Å². The zero-order chi connectivity index (χ0) is 48.5. The van der Waals surface area contributed by atoms with E-state index in [1.54, 1.807) is 0 Å². The minimum Gasteiger partial charge on any atom is -1.00 e. The second-order valence-corrected chi connectivity index (χ2v) is 17.5. The third kappa shape index (κ3) is 12.6. The molecule has 0 spiro atoms. The topological polar surface area (TPSA) is 218 Å². The van der Waals surface area contributed by atoms with Gasteiger partial charge in [-0.05, 0) is 119 Å². The quantitative estimate of drug-likeness (QED) is 0.0803. The molecule has 9 heterocycles. The van der Waals surface area contributed by atoms with E-state index in [-0.39, 0.29) is 124 Å². The van der Waals surface area contributed by atoms with Crippen molar-refractivity contribution in [2.75, 3.05) is 0 Å². The molecule has 23 heteroatoms. The first kappa shape index (κ1) is 61.6. The third-order valence-electron chi connectivity index (χ3n) is 12.2. The molecule has 11 aromatic rings. The molecule has 79 heavy (non-hydrogen) atoms. The Labute approximate surface area is 531 Å². The molecule has 7 aromatic heterocycles. The van der Waals surface area contributed by atoms with Gasteiger partial charge < -0.3 is 156 Å². The van der Waals surface area contributed by atoms with E-state index in [9.17, 15) is 0 Å². The number of rotatable bonds is 8. The van der Waals surface area contributed by atoms with Gasteiger partial charge in [0.1, 0.15) is 51.2 Å². The van der Waals surface area contributed by atoms with Crippen LogP contribution in [0.3, 0.4) is 0 Å². The predicted octanol–water partition coefficient (Wildman–Crippen LogP) is -4.12. The molecule has 2 aliphatic rings. The maximum Gasteiger partial charge on any atom is 4.00 e. The SMILES string of the molecule is C[n+]1cccc(Oc2ccc3c(c2)-c2nc-3nc3[n-]c(nc4nc(nc5[n-]c(n2)c2ccc(Oc6ccc[n+](C)c6)cc52)-c2cc(Oc5ccc[n+](C)c5)ccc2-4)c2ccc(Oc4ccc[n+](C)c4)cc32)c1.[Ge+4].[I-].[I-].[I-].[I-].[OH-].[OH-]. The van der Waals surface area contributed by atoms with Crippen molar-refractivity contribution in [2.45, 2.75) is 0 Å². The Hall–Kier alpha value is -6.58. The fourth-order valence-corrected chi connectivity index (χ4v) is 8.86. The van der Waals surface area contributed by atoms with Crippen LogP contribution in [0.2, 0.25) is 0 Å². The van der Waals surface area contributed by atoms with E-state index < -0.39 is 0 Å². The molecule has 0 amide bonds. The van der Waals surface area contributed by atoms with E-state index >= 15 is 0 Å². The summed E-state index contributed by atoms with van der Waals surface area (Å²) in [4.78, 5) is 41.4. The van der Waals surface area contributed by atoms with Crippen molar-refractivity contribution in [3.05, 3.63) is 171 Å². The summed E-state index contributed by atoms with van der Waals surface area (Å²) >= 11 is 0. The van der Waals surface area contributed by atoms with Crippen LogP contribution in [0.1, 0.15) is 0 Å². The summed E-state index contributed by atoms with van der Waals surface area (Å²) in [6.45, 7) is 0. The van der Waals surface area contributed by atoms with Crippen LogP contribution in [0.4, 0.5) is 0 Å². The van der Waals surface area contributed by atoms with Crippen LogP contribution < -0.4 is 143 Å². The number of hydrogen-bond acceptors (Lipinski definition) is 12.